The quantitative estimate of drug-likeness (QED) is 0.431. The van der Waals surface area contributed by atoms with Gasteiger partial charge in [-0.3, -0.25) is 9.48 Å². The number of nitrogens with one attached hydrogen (secondary N) is 1. The number of rotatable bonds is 5. The monoisotopic (exact) mass is 407 g/mol. The number of aromatic nitrogens is 2. The van der Waals surface area contributed by atoms with Crippen molar-refractivity contribution in [1.29, 1.82) is 0 Å². The average molecular weight is 408 g/mol. The van der Waals surface area contributed by atoms with Crippen LogP contribution in [-0.4, -0.2) is 21.9 Å². The van der Waals surface area contributed by atoms with E-state index in [0.717, 1.165) is 4.90 Å². The molecule has 1 N–H and O–H groups in total. The van der Waals surface area contributed by atoms with Gasteiger partial charge < -0.3 is 5.32 Å². The van der Waals surface area contributed by atoms with Crippen LogP contribution in [0.5, 0.6) is 0 Å². The maximum Gasteiger partial charge on any atom is 0.257 e. The molecule has 0 atom stereocenters. The topological polar surface area (TPSA) is 46.9 Å². The number of fused-ring (bicyclic) bond motifs is 1. The molecule has 0 aliphatic rings. The number of halogens is 1. The summed E-state index contributed by atoms with van der Waals surface area (Å²) in [5, 5.41) is 10.1. The molecular weight excluding hydrogens is 390 g/mol. The minimum absolute atomic E-state index is 0.245. The molecule has 4 nitrogen and oxygen atoms in total. The minimum atomic E-state index is -0.245. The summed E-state index contributed by atoms with van der Waals surface area (Å²) >= 11 is 7.76. The van der Waals surface area contributed by atoms with Crippen LogP contribution in [0, 0.1) is 0 Å². The van der Waals surface area contributed by atoms with Crippen LogP contribution in [0.2, 0.25) is 5.02 Å². The summed E-state index contributed by atoms with van der Waals surface area (Å²) in [4.78, 5) is 13.6. The Labute approximate surface area is 172 Å². The standard InChI is InChI=1S/C22H18ClN3OS/c1-28-18-9-10-21(23)20(11-18)22(27)25-17-12-24-26(14-17)13-16-7-4-6-15-5-2-3-8-19(15)16/h2-12,14H,13H2,1H3,(H,25,27). The molecule has 1 amide bonds. The van der Waals surface area contributed by atoms with E-state index in [0.29, 0.717) is 22.8 Å². The fourth-order valence-corrected chi connectivity index (χ4v) is 3.77. The van der Waals surface area contributed by atoms with Gasteiger partial charge in [-0.05, 0) is 40.8 Å². The van der Waals surface area contributed by atoms with E-state index in [1.165, 1.54) is 16.3 Å². The molecule has 140 valence electrons. The zero-order chi connectivity index (χ0) is 19.5. The molecular formula is C22H18ClN3OS. The molecule has 0 fully saturated rings. The highest BCUT2D eigenvalue weighted by molar-refractivity contribution is 7.98. The molecule has 6 heteroatoms. The highest BCUT2D eigenvalue weighted by Crippen LogP contribution is 2.24. The molecule has 1 heterocycles. The van der Waals surface area contributed by atoms with Crippen LogP contribution in [0.3, 0.4) is 0 Å². The molecule has 3 aromatic carbocycles. The van der Waals surface area contributed by atoms with E-state index in [-0.39, 0.29) is 5.91 Å². The average Bonchev–Trinajstić information content (AvgIpc) is 3.15. The first-order chi connectivity index (χ1) is 13.6. The van der Waals surface area contributed by atoms with Crippen molar-refractivity contribution in [3.63, 3.8) is 0 Å². The van der Waals surface area contributed by atoms with E-state index in [4.69, 9.17) is 11.6 Å². The number of carbonyl (C=O) groups is 1. The Bertz CT molecular complexity index is 1150. The van der Waals surface area contributed by atoms with Crippen LogP contribution < -0.4 is 5.32 Å². The van der Waals surface area contributed by atoms with Gasteiger partial charge in [-0.2, -0.15) is 5.10 Å². The zero-order valence-electron chi connectivity index (χ0n) is 15.2. The van der Waals surface area contributed by atoms with Gasteiger partial charge in [0.25, 0.3) is 5.91 Å². The molecule has 0 bridgehead atoms. The molecule has 0 aliphatic carbocycles. The van der Waals surface area contributed by atoms with Gasteiger partial charge in [-0.15, -0.1) is 11.8 Å². The fraction of sp³-hybridized carbons (Fsp3) is 0.0909. The maximum absolute atomic E-state index is 12.6. The van der Waals surface area contributed by atoms with E-state index in [9.17, 15) is 4.79 Å². The zero-order valence-corrected chi connectivity index (χ0v) is 16.8. The Balaban J connectivity index is 1.52. The van der Waals surface area contributed by atoms with Gasteiger partial charge in [-0.25, -0.2) is 0 Å². The van der Waals surface area contributed by atoms with Gasteiger partial charge in [0.15, 0.2) is 0 Å². The summed E-state index contributed by atoms with van der Waals surface area (Å²) in [7, 11) is 0. The van der Waals surface area contributed by atoms with E-state index in [1.807, 2.05) is 41.4 Å². The molecule has 0 saturated heterocycles. The first-order valence-corrected chi connectivity index (χ1v) is 10.4. The summed E-state index contributed by atoms with van der Waals surface area (Å²) in [6.07, 6.45) is 5.43. The second-order valence-electron chi connectivity index (χ2n) is 6.36. The van der Waals surface area contributed by atoms with Crippen LogP contribution in [0.15, 0.2) is 78.0 Å². The van der Waals surface area contributed by atoms with E-state index < -0.39 is 0 Å². The summed E-state index contributed by atoms with van der Waals surface area (Å²) in [6, 6.07) is 19.9. The Morgan fingerprint density at radius 3 is 2.82 bits per heavy atom. The molecule has 4 rings (SSSR count). The fourth-order valence-electron chi connectivity index (χ4n) is 3.12. The lowest BCUT2D eigenvalue weighted by molar-refractivity contribution is 0.102. The number of nitrogens with zero attached hydrogens (tertiary/aromatic N) is 2. The smallest absolute Gasteiger partial charge is 0.257 e. The Morgan fingerprint density at radius 1 is 1.14 bits per heavy atom. The highest BCUT2D eigenvalue weighted by atomic mass is 35.5. The third kappa shape index (κ3) is 3.91. The van der Waals surface area contributed by atoms with Crippen LogP contribution in [-0.2, 0) is 6.54 Å². The van der Waals surface area contributed by atoms with Crippen LogP contribution in [0.4, 0.5) is 5.69 Å². The number of thioether (sulfide) groups is 1. The molecule has 0 spiro atoms. The molecule has 0 aliphatic heterocycles. The van der Waals surface area contributed by atoms with Crippen molar-refractivity contribution in [2.75, 3.05) is 11.6 Å². The number of hydrogen-bond donors (Lipinski definition) is 1. The molecule has 28 heavy (non-hydrogen) atoms. The Hall–Kier alpha value is -2.76. The van der Waals surface area contributed by atoms with Gasteiger partial charge >= 0.3 is 0 Å². The molecule has 0 radical (unpaired) electrons. The van der Waals surface area contributed by atoms with Crippen LogP contribution in [0.1, 0.15) is 15.9 Å². The predicted octanol–water partition coefficient (Wildman–Crippen LogP) is 5.71. The number of amides is 1. The summed E-state index contributed by atoms with van der Waals surface area (Å²) in [5.41, 5.74) is 2.26. The van der Waals surface area contributed by atoms with Crippen molar-refractivity contribution in [3.8, 4) is 0 Å². The largest absolute Gasteiger partial charge is 0.319 e. The van der Waals surface area contributed by atoms with E-state index in [1.54, 1.807) is 30.1 Å². The lowest BCUT2D eigenvalue weighted by atomic mass is 10.0. The van der Waals surface area contributed by atoms with Crippen molar-refractivity contribution in [3.05, 3.63) is 89.2 Å². The van der Waals surface area contributed by atoms with Crippen molar-refractivity contribution in [2.24, 2.45) is 0 Å². The predicted molar refractivity (Wildman–Crippen MR) is 116 cm³/mol. The summed E-state index contributed by atoms with van der Waals surface area (Å²) in [5.74, 6) is -0.245. The third-order valence-electron chi connectivity index (χ3n) is 4.52. The SMILES string of the molecule is CSc1ccc(Cl)c(C(=O)Nc2cnn(Cc3cccc4ccccc34)c2)c1. The van der Waals surface area contributed by atoms with Crippen molar-refractivity contribution >= 4 is 45.7 Å². The highest BCUT2D eigenvalue weighted by Gasteiger charge is 2.13. The van der Waals surface area contributed by atoms with Gasteiger partial charge in [0, 0.05) is 11.1 Å². The van der Waals surface area contributed by atoms with Crippen molar-refractivity contribution in [2.45, 2.75) is 11.4 Å². The molecule has 0 unspecified atom stereocenters. The Morgan fingerprint density at radius 2 is 1.96 bits per heavy atom. The summed E-state index contributed by atoms with van der Waals surface area (Å²) in [6.45, 7) is 0.625. The summed E-state index contributed by atoms with van der Waals surface area (Å²) < 4.78 is 1.82. The minimum Gasteiger partial charge on any atom is -0.319 e. The number of carbonyl (C=O) groups excluding carboxylic acids is 1. The lowest BCUT2D eigenvalue weighted by Crippen LogP contribution is -2.12. The number of anilines is 1. The molecule has 1 aromatic heterocycles. The second-order valence-corrected chi connectivity index (χ2v) is 7.65. The van der Waals surface area contributed by atoms with Crippen molar-refractivity contribution in [1.82, 2.24) is 9.78 Å². The van der Waals surface area contributed by atoms with Gasteiger partial charge in [-0.1, -0.05) is 54.1 Å². The maximum atomic E-state index is 12.6. The number of benzene rings is 3. The van der Waals surface area contributed by atoms with E-state index >= 15 is 0 Å². The van der Waals surface area contributed by atoms with Crippen molar-refractivity contribution < 1.29 is 4.79 Å². The first kappa shape index (κ1) is 18.6. The van der Waals surface area contributed by atoms with Gasteiger partial charge in [0.1, 0.15) is 0 Å². The van der Waals surface area contributed by atoms with Crippen LogP contribution in [0.25, 0.3) is 10.8 Å². The normalized spacial score (nSPS) is 10.9. The second kappa shape index (κ2) is 8.09. The Kier molecular flexibility index (Phi) is 5.37. The molecule has 0 saturated carbocycles. The van der Waals surface area contributed by atoms with Gasteiger partial charge in [0.05, 0.1) is 29.0 Å². The first-order valence-electron chi connectivity index (χ1n) is 8.78. The van der Waals surface area contributed by atoms with Gasteiger partial charge in [0.2, 0.25) is 0 Å². The third-order valence-corrected chi connectivity index (χ3v) is 5.58. The molecule has 4 aromatic rings. The number of hydrogen-bond acceptors (Lipinski definition) is 3. The lowest BCUT2D eigenvalue weighted by Gasteiger charge is -2.07. The van der Waals surface area contributed by atoms with Crippen LogP contribution >= 0.6 is 23.4 Å². The van der Waals surface area contributed by atoms with E-state index in [2.05, 4.69) is 34.7 Å².